The summed E-state index contributed by atoms with van der Waals surface area (Å²) in [7, 11) is 0. The van der Waals surface area contributed by atoms with Crippen molar-refractivity contribution >= 4 is 22.4 Å². The van der Waals surface area contributed by atoms with Crippen LogP contribution < -0.4 is 5.32 Å². The van der Waals surface area contributed by atoms with Gasteiger partial charge in [0.15, 0.2) is 5.13 Å². The number of carbonyl (C=O) groups excluding carboxylic acids is 1. The molecule has 1 aromatic heterocycles. The van der Waals surface area contributed by atoms with Crippen LogP contribution >= 0.6 is 11.3 Å². The van der Waals surface area contributed by atoms with E-state index in [1.54, 1.807) is 11.3 Å². The number of rotatable bonds is 2. The van der Waals surface area contributed by atoms with Crippen molar-refractivity contribution in [2.24, 2.45) is 0 Å². The average molecular weight is 286 g/mol. The van der Waals surface area contributed by atoms with E-state index in [0.29, 0.717) is 5.56 Å². The smallest absolute Gasteiger partial charge is 0.257 e. The third kappa shape index (κ3) is 2.75. The summed E-state index contributed by atoms with van der Waals surface area (Å²) in [5.41, 5.74) is 4.09. The predicted molar refractivity (Wildman–Crippen MR) is 82.6 cm³/mol. The van der Waals surface area contributed by atoms with Gasteiger partial charge in [0.25, 0.3) is 5.91 Å². The molecule has 1 aromatic carbocycles. The van der Waals surface area contributed by atoms with Gasteiger partial charge in [0, 0.05) is 10.4 Å². The zero-order valence-electron chi connectivity index (χ0n) is 11.8. The van der Waals surface area contributed by atoms with E-state index >= 15 is 0 Å². The van der Waals surface area contributed by atoms with Crippen LogP contribution in [-0.2, 0) is 12.8 Å². The number of fused-ring (bicyclic) bond motifs is 1. The molecule has 0 saturated heterocycles. The molecule has 0 radical (unpaired) electrons. The summed E-state index contributed by atoms with van der Waals surface area (Å²) in [5, 5.41) is 3.68. The average Bonchev–Trinajstić information content (AvgIpc) is 2.79. The number of hydrogen-bond acceptors (Lipinski definition) is 3. The molecule has 0 aliphatic heterocycles. The minimum Gasteiger partial charge on any atom is -0.298 e. The third-order valence-electron chi connectivity index (χ3n) is 3.55. The lowest BCUT2D eigenvalue weighted by atomic mass is 10.0. The summed E-state index contributed by atoms with van der Waals surface area (Å²) >= 11 is 1.62. The lowest BCUT2D eigenvalue weighted by molar-refractivity contribution is 0.102. The number of amides is 1. The van der Waals surface area contributed by atoms with Gasteiger partial charge >= 0.3 is 0 Å². The van der Waals surface area contributed by atoms with E-state index in [1.165, 1.54) is 23.4 Å². The van der Waals surface area contributed by atoms with Crippen molar-refractivity contribution in [1.29, 1.82) is 0 Å². The Morgan fingerprint density at radius 2 is 1.85 bits per heavy atom. The number of thiazole rings is 1. The first-order chi connectivity index (χ1) is 9.61. The molecule has 3 rings (SSSR count). The molecule has 1 amide bonds. The van der Waals surface area contributed by atoms with Gasteiger partial charge in [0.2, 0.25) is 0 Å². The van der Waals surface area contributed by atoms with Crippen molar-refractivity contribution in [2.45, 2.75) is 39.5 Å². The topological polar surface area (TPSA) is 42.0 Å². The molecule has 0 atom stereocenters. The van der Waals surface area contributed by atoms with Crippen LogP contribution in [0.25, 0.3) is 0 Å². The van der Waals surface area contributed by atoms with Gasteiger partial charge in [-0.2, -0.15) is 0 Å². The fraction of sp³-hybridized carbons (Fsp3) is 0.375. The molecule has 1 heterocycles. The molecule has 0 fully saturated rings. The molecule has 0 spiro atoms. The molecule has 20 heavy (non-hydrogen) atoms. The molecule has 1 N–H and O–H groups in total. The SMILES string of the molecule is Cc1cc(C)cc(C(=O)Nc2nc3c(s2)CCCC3)c1. The summed E-state index contributed by atoms with van der Waals surface area (Å²) < 4.78 is 0. The number of benzene rings is 1. The Hall–Kier alpha value is -1.68. The van der Waals surface area contributed by atoms with E-state index in [2.05, 4.69) is 16.4 Å². The van der Waals surface area contributed by atoms with E-state index in [9.17, 15) is 4.79 Å². The minimum atomic E-state index is -0.0668. The molecule has 1 aliphatic rings. The van der Waals surface area contributed by atoms with Crippen molar-refractivity contribution in [3.63, 3.8) is 0 Å². The van der Waals surface area contributed by atoms with Crippen molar-refractivity contribution in [3.8, 4) is 0 Å². The maximum atomic E-state index is 12.3. The largest absolute Gasteiger partial charge is 0.298 e. The van der Waals surface area contributed by atoms with Gasteiger partial charge in [-0.25, -0.2) is 4.98 Å². The maximum absolute atomic E-state index is 12.3. The van der Waals surface area contributed by atoms with Gasteiger partial charge in [-0.15, -0.1) is 11.3 Å². The van der Waals surface area contributed by atoms with Gasteiger partial charge in [0.1, 0.15) is 0 Å². The second-order valence-electron chi connectivity index (χ2n) is 5.43. The number of aromatic nitrogens is 1. The number of nitrogens with one attached hydrogen (secondary N) is 1. The van der Waals surface area contributed by atoms with Gasteiger partial charge < -0.3 is 0 Å². The lowest BCUT2D eigenvalue weighted by Crippen LogP contribution is -2.12. The van der Waals surface area contributed by atoms with Crippen LogP contribution in [0.4, 0.5) is 5.13 Å². The van der Waals surface area contributed by atoms with Crippen LogP contribution in [0.5, 0.6) is 0 Å². The standard InChI is InChI=1S/C16H18N2OS/c1-10-7-11(2)9-12(8-10)15(19)18-16-17-13-5-3-4-6-14(13)20-16/h7-9H,3-6H2,1-2H3,(H,17,18,19). The van der Waals surface area contributed by atoms with Crippen LogP contribution in [0.2, 0.25) is 0 Å². The highest BCUT2D eigenvalue weighted by Gasteiger charge is 2.17. The molecule has 1 aliphatic carbocycles. The van der Waals surface area contributed by atoms with Gasteiger partial charge in [-0.05, 0) is 51.7 Å². The number of nitrogens with zero attached hydrogens (tertiary/aromatic N) is 1. The second-order valence-corrected chi connectivity index (χ2v) is 6.51. The Morgan fingerprint density at radius 3 is 2.55 bits per heavy atom. The first-order valence-corrected chi connectivity index (χ1v) is 7.82. The van der Waals surface area contributed by atoms with Crippen LogP contribution in [0.3, 0.4) is 0 Å². The summed E-state index contributed by atoms with van der Waals surface area (Å²) in [6, 6.07) is 5.89. The molecular weight excluding hydrogens is 268 g/mol. The van der Waals surface area contributed by atoms with Gasteiger partial charge in [-0.1, -0.05) is 17.2 Å². The monoisotopic (exact) mass is 286 g/mol. The maximum Gasteiger partial charge on any atom is 0.257 e. The fourth-order valence-corrected chi connectivity index (χ4v) is 3.73. The lowest BCUT2D eigenvalue weighted by Gasteiger charge is -2.06. The van der Waals surface area contributed by atoms with Crippen molar-refractivity contribution in [2.75, 3.05) is 5.32 Å². The first kappa shape index (κ1) is 13.3. The molecular formula is C16H18N2OS. The zero-order chi connectivity index (χ0) is 14.1. The Balaban J connectivity index is 1.80. The normalized spacial score (nSPS) is 13.9. The molecule has 104 valence electrons. The number of hydrogen-bond donors (Lipinski definition) is 1. The van der Waals surface area contributed by atoms with Gasteiger partial charge in [-0.3, -0.25) is 10.1 Å². The summed E-state index contributed by atoms with van der Waals surface area (Å²) in [5.74, 6) is -0.0668. The first-order valence-electron chi connectivity index (χ1n) is 7.00. The highest BCUT2D eigenvalue weighted by atomic mass is 32.1. The fourth-order valence-electron chi connectivity index (χ4n) is 2.68. The molecule has 3 nitrogen and oxygen atoms in total. The van der Waals surface area contributed by atoms with E-state index in [1.807, 2.05) is 26.0 Å². The highest BCUT2D eigenvalue weighted by molar-refractivity contribution is 7.15. The quantitative estimate of drug-likeness (QED) is 0.910. The Morgan fingerprint density at radius 1 is 1.15 bits per heavy atom. The van der Waals surface area contributed by atoms with Crippen LogP contribution in [-0.4, -0.2) is 10.9 Å². The third-order valence-corrected chi connectivity index (χ3v) is 4.62. The summed E-state index contributed by atoms with van der Waals surface area (Å²) in [4.78, 5) is 18.2. The Bertz CT molecular complexity index is 617. The van der Waals surface area contributed by atoms with E-state index < -0.39 is 0 Å². The van der Waals surface area contributed by atoms with Crippen molar-refractivity contribution in [3.05, 3.63) is 45.5 Å². The molecule has 2 aromatic rings. The van der Waals surface area contributed by atoms with E-state index in [-0.39, 0.29) is 5.91 Å². The molecule has 0 saturated carbocycles. The molecule has 0 unspecified atom stereocenters. The zero-order valence-corrected chi connectivity index (χ0v) is 12.6. The van der Waals surface area contributed by atoms with E-state index in [0.717, 1.165) is 29.1 Å². The summed E-state index contributed by atoms with van der Waals surface area (Å²) in [6.07, 6.45) is 4.60. The highest BCUT2D eigenvalue weighted by Crippen LogP contribution is 2.29. The molecule has 4 heteroatoms. The predicted octanol–water partition coefficient (Wildman–Crippen LogP) is 3.89. The van der Waals surface area contributed by atoms with Gasteiger partial charge in [0.05, 0.1) is 5.69 Å². The minimum absolute atomic E-state index is 0.0668. The van der Waals surface area contributed by atoms with Crippen molar-refractivity contribution in [1.82, 2.24) is 4.98 Å². The van der Waals surface area contributed by atoms with Crippen LogP contribution in [0.15, 0.2) is 18.2 Å². The molecule has 0 bridgehead atoms. The summed E-state index contributed by atoms with van der Waals surface area (Å²) in [6.45, 7) is 4.01. The van der Waals surface area contributed by atoms with Crippen molar-refractivity contribution < 1.29 is 4.79 Å². The van der Waals surface area contributed by atoms with Crippen LogP contribution in [0.1, 0.15) is 44.9 Å². The Kier molecular flexibility index (Phi) is 3.57. The second kappa shape index (κ2) is 5.37. The number of carbonyl (C=O) groups is 1. The van der Waals surface area contributed by atoms with E-state index in [4.69, 9.17) is 0 Å². The van der Waals surface area contributed by atoms with Crippen LogP contribution in [0, 0.1) is 13.8 Å². The number of aryl methyl sites for hydroxylation is 4. The number of anilines is 1. The Labute approximate surface area is 123 Å².